The van der Waals surface area contributed by atoms with Gasteiger partial charge in [-0.1, -0.05) is 22.0 Å². The summed E-state index contributed by atoms with van der Waals surface area (Å²) in [6.07, 6.45) is 3.37. The topological polar surface area (TPSA) is 84.5 Å². The molecule has 2 heterocycles. The number of nitriles is 1. The average molecular weight is 431 g/mol. The molecule has 1 aliphatic heterocycles. The zero-order chi connectivity index (χ0) is 19.1. The fraction of sp³-hybridized carbons (Fsp3) is 0.300. The Bertz CT molecular complexity index is 863. The molecule has 0 aliphatic carbocycles. The van der Waals surface area contributed by atoms with E-state index in [2.05, 4.69) is 21.2 Å². The predicted octanol–water partition coefficient (Wildman–Crippen LogP) is 3.82. The minimum absolute atomic E-state index is 0.0122. The number of benzene rings is 1. The maximum atomic E-state index is 12.2. The van der Waals surface area contributed by atoms with E-state index in [1.807, 2.05) is 30.3 Å². The lowest BCUT2D eigenvalue weighted by molar-refractivity contribution is -0.117. The maximum absolute atomic E-state index is 12.2. The number of halogens is 1. The standard InChI is InChI=1S/C20H19BrN2O4/c21-15-3-1-4-16(10-15)26-13-19-7-6-17(27-19)9-14(11-22)20(24)23-12-18-5-2-8-25-18/h1,3-4,6-7,9-10,18H,2,5,8,12-13H2,(H,23,24)/b14-9-. The Hall–Kier alpha value is -2.56. The van der Waals surface area contributed by atoms with E-state index in [1.54, 1.807) is 12.1 Å². The summed E-state index contributed by atoms with van der Waals surface area (Å²) in [5.41, 5.74) is -0.0122. The zero-order valence-corrected chi connectivity index (χ0v) is 16.2. The molecule has 1 N–H and O–H groups in total. The first-order valence-corrected chi connectivity index (χ1v) is 9.42. The number of ether oxygens (including phenoxy) is 2. The van der Waals surface area contributed by atoms with Gasteiger partial charge in [0.1, 0.15) is 35.5 Å². The number of carbonyl (C=O) groups is 1. The number of amides is 1. The molecule has 6 nitrogen and oxygen atoms in total. The molecule has 1 aromatic heterocycles. The van der Waals surface area contributed by atoms with E-state index in [9.17, 15) is 10.1 Å². The number of nitrogens with zero attached hydrogens (tertiary/aromatic N) is 1. The molecular formula is C20H19BrN2O4. The lowest BCUT2D eigenvalue weighted by Gasteiger charge is -2.09. The molecular weight excluding hydrogens is 412 g/mol. The number of rotatable bonds is 7. The number of carbonyl (C=O) groups excluding carboxylic acids is 1. The van der Waals surface area contributed by atoms with Crippen LogP contribution < -0.4 is 10.1 Å². The van der Waals surface area contributed by atoms with Gasteiger partial charge in [-0.15, -0.1) is 0 Å². The van der Waals surface area contributed by atoms with Crippen molar-refractivity contribution in [3.05, 3.63) is 58.0 Å². The Labute approximate surface area is 165 Å². The average Bonchev–Trinajstić information content (AvgIpc) is 3.34. The van der Waals surface area contributed by atoms with Crippen molar-refractivity contribution in [1.29, 1.82) is 5.26 Å². The molecule has 1 saturated heterocycles. The highest BCUT2D eigenvalue weighted by Crippen LogP contribution is 2.20. The molecule has 7 heteroatoms. The van der Waals surface area contributed by atoms with Gasteiger partial charge in [0.2, 0.25) is 0 Å². The first-order chi connectivity index (χ1) is 13.1. The van der Waals surface area contributed by atoms with Crippen molar-refractivity contribution in [3.8, 4) is 11.8 Å². The molecule has 0 radical (unpaired) electrons. The molecule has 1 unspecified atom stereocenters. The first kappa shape index (κ1) is 19.2. The summed E-state index contributed by atoms with van der Waals surface area (Å²) in [6, 6.07) is 12.9. The second kappa shape index (κ2) is 9.40. The van der Waals surface area contributed by atoms with Crippen molar-refractivity contribution in [2.24, 2.45) is 0 Å². The van der Waals surface area contributed by atoms with Gasteiger partial charge in [-0.05, 0) is 43.2 Å². The molecule has 2 aromatic rings. The van der Waals surface area contributed by atoms with Crippen molar-refractivity contribution >= 4 is 27.9 Å². The molecule has 27 heavy (non-hydrogen) atoms. The van der Waals surface area contributed by atoms with E-state index >= 15 is 0 Å². The van der Waals surface area contributed by atoms with Crippen molar-refractivity contribution in [1.82, 2.24) is 5.32 Å². The van der Waals surface area contributed by atoms with Gasteiger partial charge in [0.05, 0.1) is 6.10 Å². The normalized spacial score (nSPS) is 16.7. The lowest BCUT2D eigenvalue weighted by atomic mass is 10.2. The molecule has 3 rings (SSSR count). The minimum atomic E-state index is -0.434. The van der Waals surface area contributed by atoms with E-state index < -0.39 is 5.91 Å². The van der Waals surface area contributed by atoms with E-state index in [0.717, 1.165) is 23.9 Å². The summed E-state index contributed by atoms with van der Waals surface area (Å²) in [5.74, 6) is 1.30. The fourth-order valence-electron chi connectivity index (χ4n) is 2.66. The van der Waals surface area contributed by atoms with Crippen LogP contribution in [0.2, 0.25) is 0 Å². The van der Waals surface area contributed by atoms with Gasteiger partial charge in [0.25, 0.3) is 5.91 Å². The van der Waals surface area contributed by atoms with Crippen LogP contribution in [0.3, 0.4) is 0 Å². The Morgan fingerprint density at radius 2 is 2.30 bits per heavy atom. The van der Waals surface area contributed by atoms with Gasteiger partial charge in [-0.3, -0.25) is 4.79 Å². The fourth-order valence-corrected chi connectivity index (χ4v) is 3.04. The quantitative estimate of drug-likeness (QED) is 0.532. The summed E-state index contributed by atoms with van der Waals surface area (Å²) >= 11 is 3.39. The number of nitrogens with one attached hydrogen (secondary N) is 1. The molecule has 1 aliphatic rings. The molecule has 0 spiro atoms. The number of hydrogen-bond acceptors (Lipinski definition) is 5. The highest BCUT2D eigenvalue weighted by molar-refractivity contribution is 9.10. The third-order valence-corrected chi connectivity index (χ3v) is 4.52. The largest absolute Gasteiger partial charge is 0.486 e. The Morgan fingerprint density at radius 3 is 3.04 bits per heavy atom. The summed E-state index contributed by atoms with van der Waals surface area (Å²) < 4.78 is 17.7. The van der Waals surface area contributed by atoms with Crippen LogP contribution in [0.5, 0.6) is 5.75 Å². The SMILES string of the molecule is N#C/C(=C/c1ccc(COc2cccc(Br)c2)o1)C(=O)NCC1CCCO1. The molecule has 0 bridgehead atoms. The summed E-state index contributed by atoms with van der Waals surface area (Å²) in [7, 11) is 0. The van der Waals surface area contributed by atoms with Crippen LogP contribution in [0.15, 0.2) is 50.9 Å². The van der Waals surface area contributed by atoms with Gasteiger partial charge >= 0.3 is 0 Å². The van der Waals surface area contributed by atoms with Crippen molar-refractivity contribution in [2.45, 2.75) is 25.6 Å². The van der Waals surface area contributed by atoms with E-state index in [-0.39, 0.29) is 18.3 Å². The van der Waals surface area contributed by atoms with Crippen LogP contribution in [-0.2, 0) is 16.1 Å². The van der Waals surface area contributed by atoms with Crippen molar-refractivity contribution in [3.63, 3.8) is 0 Å². The van der Waals surface area contributed by atoms with Gasteiger partial charge in [-0.25, -0.2) is 0 Å². The van der Waals surface area contributed by atoms with Crippen LogP contribution in [0, 0.1) is 11.3 Å². The minimum Gasteiger partial charge on any atom is -0.486 e. The van der Waals surface area contributed by atoms with Crippen LogP contribution in [0.25, 0.3) is 6.08 Å². The molecule has 140 valence electrons. The third-order valence-electron chi connectivity index (χ3n) is 4.03. The van der Waals surface area contributed by atoms with E-state index in [1.165, 1.54) is 6.08 Å². The van der Waals surface area contributed by atoms with E-state index in [0.29, 0.717) is 23.8 Å². The van der Waals surface area contributed by atoms with Crippen LogP contribution in [0.1, 0.15) is 24.4 Å². The van der Waals surface area contributed by atoms with Crippen LogP contribution in [0.4, 0.5) is 0 Å². The molecule has 0 saturated carbocycles. The lowest BCUT2D eigenvalue weighted by Crippen LogP contribution is -2.32. The third kappa shape index (κ3) is 5.71. The number of furan rings is 1. The second-order valence-electron chi connectivity index (χ2n) is 6.06. The summed E-state index contributed by atoms with van der Waals surface area (Å²) in [4.78, 5) is 12.2. The highest BCUT2D eigenvalue weighted by atomic mass is 79.9. The summed E-state index contributed by atoms with van der Waals surface area (Å²) in [6.45, 7) is 1.37. The van der Waals surface area contributed by atoms with Gasteiger partial charge < -0.3 is 19.2 Å². The van der Waals surface area contributed by atoms with Crippen LogP contribution in [-0.4, -0.2) is 25.2 Å². The summed E-state index contributed by atoms with van der Waals surface area (Å²) in [5, 5.41) is 12.0. The Morgan fingerprint density at radius 1 is 1.41 bits per heavy atom. The van der Waals surface area contributed by atoms with Crippen molar-refractivity contribution in [2.75, 3.05) is 13.2 Å². The Balaban J connectivity index is 1.56. The second-order valence-corrected chi connectivity index (χ2v) is 6.98. The molecule has 1 amide bonds. The van der Waals surface area contributed by atoms with Gasteiger partial charge in [-0.2, -0.15) is 5.26 Å². The van der Waals surface area contributed by atoms with Crippen molar-refractivity contribution < 1.29 is 18.7 Å². The predicted molar refractivity (Wildman–Crippen MR) is 103 cm³/mol. The highest BCUT2D eigenvalue weighted by Gasteiger charge is 2.18. The zero-order valence-electron chi connectivity index (χ0n) is 14.6. The molecule has 1 aromatic carbocycles. The molecule has 1 fully saturated rings. The first-order valence-electron chi connectivity index (χ1n) is 8.63. The van der Waals surface area contributed by atoms with Gasteiger partial charge in [0.15, 0.2) is 0 Å². The number of hydrogen-bond donors (Lipinski definition) is 1. The molecule has 1 atom stereocenters. The maximum Gasteiger partial charge on any atom is 0.262 e. The smallest absolute Gasteiger partial charge is 0.262 e. The monoisotopic (exact) mass is 430 g/mol. The Kier molecular flexibility index (Phi) is 6.69. The van der Waals surface area contributed by atoms with E-state index in [4.69, 9.17) is 13.9 Å². The van der Waals surface area contributed by atoms with Gasteiger partial charge in [0, 0.05) is 23.7 Å². The van der Waals surface area contributed by atoms with Crippen LogP contribution >= 0.6 is 15.9 Å².